The van der Waals surface area contributed by atoms with Gasteiger partial charge in [-0.25, -0.2) is 0 Å². The van der Waals surface area contributed by atoms with E-state index in [1.165, 1.54) is 13.2 Å². The van der Waals surface area contributed by atoms with Crippen LogP contribution in [0.1, 0.15) is 69.2 Å². The SMILES string of the molecule is CCCCNC(CO)[C@@]1(O)CCc2c(O)c3c(c(O)c2C1)C(=O)c1cccc(OC)c1C3=O. The van der Waals surface area contributed by atoms with Crippen LogP contribution in [0.2, 0.25) is 0 Å². The largest absolute Gasteiger partial charge is 0.507 e. The average molecular weight is 456 g/mol. The number of aliphatic hydroxyl groups excluding tert-OH is 1. The van der Waals surface area contributed by atoms with Crippen LogP contribution < -0.4 is 10.1 Å². The summed E-state index contributed by atoms with van der Waals surface area (Å²) in [5.41, 5.74) is -1.19. The lowest BCUT2D eigenvalue weighted by molar-refractivity contribution is -0.0288. The van der Waals surface area contributed by atoms with Crippen molar-refractivity contribution in [3.8, 4) is 17.2 Å². The summed E-state index contributed by atoms with van der Waals surface area (Å²) in [6, 6.07) is 3.98. The molecule has 0 fully saturated rings. The Morgan fingerprint density at radius 1 is 1.09 bits per heavy atom. The molecule has 0 heterocycles. The average Bonchev–Trinajstić information content (AvgIpc) is 2.81. The number of ether oxygens (including phenoxy) is 1. The predicted molar refractivity (Wildman–Crippen MR) is 120 cm³/mol. The molecular weight excluding hydrogens is 426 g/mol. The molecule has 5 N–H and O–H groups in total. The van der Waals surface area contributed by atoms with E-state index in [4.69, 9.17) is 4.74 Å². The Morgan fingerprint density at radius 2 is 1.79 bits per heavy atom. The third-order valence-electron chi connectivity index (χ3n) is 6.87. The molecule has 0 spiro atoms. The van der Waals surface area contributed by atoms with E-state index in [-0.39, 0.29) is 65.2 Å². The van der Waals surface area contributed by atoms with Gasteiger partial charge < -0.3 is 30.5 Å². The van der Waals surface area contributed by atoms with Crippen molar-refractivity contribution in [3.05, 3.63) is 51.6 Å². The van der Waals surface area contributed by atoms with Crippen LogP contribution in [0, 0.1) is 0 Å². The Hall–Kier alpha value is -2.94. The molecule has 0 bridgehead atoms. The van der Waals surface area contributed by atoms with Crippen LogP contribution in [0.15, 0.2) is 18.2 Å². The van der Waals surface area contributed by atoms with Gasteiger partial charge in [0.2, 0.25) is 5.78 Å². The summed E-state index contributed by atoms with van der Waals surface area (Å²) in [6.45, 7) is 2.35. The number of benzene rings is 2. The van der Waals surface area contributed by atoms with Crippen LogP contribution in [0.4, 0.5) is 0 Å². The van der Waals surface area contributed by atoms with Gasteiger partial charge in [0.05, 0.1) is 42.0 Å². The number of hydrogen-bond donors (Lipinski definition) is 5. The summed E-state index contributed by atoms with van der Waals surface area (Å²) in [5, 5.41) is 46.6. The van der Waals surface area contributed by atoms with Crippen molar-refractivity contribution in [1.29, 1.82) is 0 Å². The third kappa shape index (κ3) is 3.58. The van der Waals surface area contributed by atoms with E-state index in [9.17, 15) is 30.0 Å². The summed E-state index contributed by atoms with van der Waals surface area (Å²) in [5.74, 6) is -1.74. The minimum absolute atomic E-state index is 0.0555. The van der Waals surface area contributed by atoms with Crippen molar-refractivity contribution < 1.29 is 34.8 Å². The van der Waals surface area contributed by atoms with E-state index >= 15 is 0 Å². The van der Waals surface area contributed by atoms with Gasteiger partial charge in [0, 0.05) is 23.1 Å². The normalized spacial score (nSPS) is 20.1. The van der Waals surface area contributed by atoms with Crippen molar-refractivity contribution in [3.63, 3.8) is 0 Å². The number of aromatic hydroxyl groups is 2. The highest BCUT2D eigenvalue weighted by Gasteiger charge is 2.45. The van der Waals surface area contributed by atoms with Gasteiger partial charge in [0.15, 0.2) is 5.78 Å². The fourth-order valence-corrected chi connectivity index (χ4v) is 5.02. The van der Waals surface area contributed by atoms with Crippen LogP contribution in [-0.2, 0) is 12.8 Å². The minimum atomic E-state index is -1.39. The summed E-state index contributed by atoms with van der Waals surface area (Å²) >= 11 is 0. The summed E-state index contributed by atoms with van der Waals surface area (Å²) in [6.07, 6.45) is 2.13. The second-order valence-electron chi connectivity index (χ2n) is 8.77. The van der Waals surface area contributed by atoms with E-state index in [0.717, 1.165) is 12.8 Å². The molecule has 2 aromatic rings. The molecule has 2 atom stereocenters. The Labute approximate surface area is 191 Å². The molecule has 0 aromatic heterocycles. The number of phenolic OH excluding ortho intramolecular Hbond substituents is 2. The van der Waals surface area contributed by atoms with E-state index in [0.29, 0.717) is 12.1 Å². The highest BCUT2D eigenvalue weighted by atomic mass is 16.5. The molecule has 2 aliphatic carbocycles. The lowest BCUT2D eigenvalue weighted by Gasteiger charge is -2.40. The molecule has 2 aliphatic rings. The quantitative estimate of drug-likeness (QED) is 0.269. The van der Waals surface area contributed by atoms with Crippen LogP contribution in [0.5, 0.6) is 17.2 Å². The maximum absolute atomic E-state index is 13.3. The van der Waals surface area contributed by atoms with Crippen molar-refractivity contribution in [1.82, 2.24) is 5.32 Å². The number of methoxy groups -OCH3 is 1. The minimum Gasteiger partial charge on any atom is -0.507 e. The van der Waals surface area contributed by atoms with Gasteiger partial charge in [-0.3, -0.25) is 9.59 Å². The first kappa shape index (κ1) is 23.2. The first-order chi connectivity index (χ1) is 15.8. The van der Waals surface area contributed by atoms with E-state index < -0.39 is 29.0 Å². The zero-order chi connectivity index (χ0) is 23.9. The van der Waals surface area contributed by atoms with Crippen LogP contribution in [0.3, 0.4) is 0 Å². The fraction of sp³-hybridized carbons (Fsp3) is 0.440. The summed E-state index contributed by atoms with van der Waals surface area (Å²) in [4.78, 5) is 26.6. The van der Waals surface area contributed by atoms with Crippen molar-refractivity contribution in [2.45, 2.75) is 50.7 Å². The van der Waals surface area contributed by atoms with Gasteiger partial charge >= 0.3 is 0 Å². The van der Waals surface area contributed by atoms with Crippen LogP contribution >= 0.6 is 0 Å². The number of unbranched alkanes of at least 4 members (excludes halogenated alkanes) is 1. The second-order valence-corrected chi connectivity index (χ2v) is 8.77. The van der Waals surface area contributed by atoms with Gasteiger partial charge in [-0.05, 0) is 31.9 Å². The molecule has 1 unspecified atom stereocenters. The fourth-order valence-electron chi connectivity index (χ4n) is 5.02. The molecule has 8 heteroatoms. The molecule has 8 nitrogen and oxygen atoms in total. The Kier molecular flexibility index (Phi) is 6.18. The maximum atomic E-state index is 13.3. The summed E-state index contributed by atoms with van der Waals surface area (Å²) in [7, 11) is 1.39. The predicted octanol–water partition coefficient (Wildman–Crippen LogP) is 1.85. The number of rotatable bonds is 7. The van der Waals surface area contributed by atoms with Gasteiger partial charge in [-0.15, -0.1) is 0 Å². The first-order valence-electron chi connectivity index (χ1n) is 11.2. The van der Waals surface area contributed by atoms with Crippen LogP contribution in [0.25, 0.3) is 0 Å². The lowest BCUT2D eigenvalue weighted by Crippen LogP contribution is -2.56. The Morgan fingerprint density at radius 3 is 2.45 bits per heavy atom. The molecule has 0 radical (unpaired) electrons. The molecule has 2 aromatic carbocycles. The number of ketones is 2. The number of carbonyl (C=O) groups is 2. The monoisotopic (exact) mass is 455 g/mol. The smallest absolute Gasteiger partial charge is 0.202 e. The van der Waals surface area contributed by atoms with E-state index in [1.807, 2.05) is 6.92 Å². The van der Waals surface area contributed by atoms with Crippen LogP contribution in [-0.4, -0.2) is 63.9 Å². The number of hydrogen-bond acceptors (Lipinski definition) is 8. The molecular formula is C25H29NO7. The Bertz CT molecular complexity index is 1130. The van der Waals surface area contributed by atoms with Crippen molar-refractivity contribution >= 4 is 11.6 Å². The number of nitrogens with one attached hydrogen (secondary N) is 1. The number of aliphatic hydroxyl groups is 2. The zero-order valence-electron chi connectivity index (χ0n) is 18.8. The molecule has 0 amide bonds. The maximum Gasteiger partial charge on any atom is 0.202 e. The van der Waals surface area contributed by atoms with E-state index in [2.05, 4.69) is 5.32 Å². The van der Waals surface area contributed by atoms with Gasteiger partial charge in [0.25, 0.3) is 0 Å². The number of carbonyl (C=O) groups excluding carboxylic acids is 2. The molecule has 33 heavy (non-hydrogen) atoms. The standard InChI is InChI=1S/C25H29NO7/c1-3-4-10-26-17(12-27)25(32)9-8-13-15(11-25)23(30)19-20(21(13)28)24(31)18-14(22(19)29)6-5-7-16(18)33-2/h5-7,17,26-28,30,32H,3-4,8-12H2,1-2H3/t17?,25-/m1/s1. The second kappa shape index (κ2) is 8.78. The number of phenols is 2. The highest BCUT2D eigenvalue weighted by molar-refractivity contribution is 6.31. The van der Waals surface area contributed by atoms with Gasteiger partial charge in [0.1, 0.15) is 17.2 Å². The van der Waals surface area contributed by atoms with Gasteiger partial charge in [-0.2, -0.15) is 0 Å². The Balaban J connectivity index is 1.81. The molecule has 4 rings (SSSR count). The highest BCUT2D eigenvalue weighted by Crippen LogP contribution is 2.48. The van der Waals surface area contributed by atoms with Gasteiger partial charge in [-0.1, -0.05) is 25.5 Å². The first-order valence-corrected chi connectivity index (χ1v) is 11.2. The van der Waals surface area contributed by atoms with Crippen molar-refractivity contribution in [2.24, 2.45) is 0 Å². The molecule has 0 saturated carbocycles. The third-order valence-corrected chi connectivity index (χ3v) is 6.87. The van der Waals surface area contributed by atoms with E-state index in [1.54, 1.807) is 12.1 Å². The molecule has 176 valence electrons. The van der Waals surface area contributed by atoms with Crippen molar-refractivity contribution in [2.75, 3.05) is 20.3 Å². The molecule has 0 saturated heterocycles. The molecule has 0 aliphatic heterocycles. The topological polar surface area (TPSA) is 136 Å². The number of fused-ring (bicyclic) bond motifs is 3. The summed E-state index contributed by atoms with van der Waals surface area (Å²) < 4.78 is 5.25. The zero-order valence-corrected chi connectivity index (χ0v) is 18.8. The lowest BCUT2D eigenvalue weighted by atomic mass is 9.72.